The van der Waals surface area contributed by atoms with Crippen molar-refractivity contribution in [2.75, 3.05) is 16.9 Å². The normalized spacial score (nSPS) is 18.0. The van der Waals surface area contributed by atoms with Crippen LogP contribution in [-0.2, 0) is 0 Å². The van der Waals surface area contributed by atoms with E-state index in [9.17, 15) is 14.5 Å². The first-order chi connectivity index (χ1) is 13.7. The maximum Gasteiger partial charge on any atom is 0.313 e. The molecule has 1 aliphatic rings. The summed E-state index contributed by atoms with van der Waals surface area (Å²) in [5, 5.41) is 15.0. The fourth-order valence-corrected chi connectivity index (χ4v) is 4.06. The number of anilines is 2. The third kappa shape index (κ3) is 4.21. The Morgan fingerprint density at radius 1 is 1.48 bits per heavy atom. The summed E-state index contributed by atoms with van der Waals surface area (Å²) in [6.07, 6.45) is 4.72. The second-order valence-corrected chi connectivity index (χ2v) is 8.00. The van der Waals surface area contributed by atoms with Crippen LogP contribution in [0.15, 0.2) is 35.6 Å². The van der Waals surface area contributed by atoms with E-state index in [0.717, 1.165) is 30.6 Å². The van der Waals surface area contributed by atoms with E-state index in [1.165, 1.54) is 24.5 Å². The lowest BCUT2D eigenvalue weighted by Gasteiger charge is -2.47. The van der Waals surface area contributed by atoms with Crippen LogP contribution >= 0.6 is 0 Å². The van der Waals surface area contributed by atoms with Gasteiger partial charge in [0.2, 0.25) is 5.82 Å². The van der Waals surface area contributed by atoms with E-state index < -0.39 is 4.92 Å². The smallest absolute Gasteiger partial charge is 0.313 e. The zero-order chi connectivity index (χ0) is 21.2. The molecule has 2 aromatic rings. The van der Waals surface area contributed by atoms with Gasteiger partial charge in [-0.1, -0.05) is 13.8 Å². The third-order valence-electron chi connectivity index (χ3n) is 5.31. The van der Waals surface area contributed by atoms with E-state index in [4.69, 9.17) is 0 Å². The minimum atomic E-state index is -0.546. The molecule has 29 heavy (non-hydrogen) atoms. The molecule has 8 heteroatoms. The summed E-state index contributed by atoms with van der Waals surface area (Å²) in [5.41, 5.74) is 4.66. The molecule has 0 amide bonds. The summed E-state index contributed by atoms with van der Waals surface area (Å²) < 4.78 is 14.8. The van der Waals surface area contributed by atoms with Crippen LogP contribution in [0.2, 0.25) is 0 Å². The van der Waals surface area contributed by atoms with Crippen LogP contribution in [-0.4, -0.2) is 28.2 Å². The van der Waals surface area contributed by atoms with Gasteiger partial charge in [0, 0.05) is 35.6 Å². The van der Waals surface area contributed by atoms with Crippen LogP contribution in [0.25, 0.3) is 0 Å². The van der Waals surface area contributed by atoms with Crippen molar-refractivity contribution in [2.45, 2.75) is 52.0 Å². The zero-order valence-electron chi connectivity index (χ0n) is 17.1. The Morgan fingerprint density at radius 2 is 2.24 bits per heavy atom. The highest BCUT2D eigenvalue weighted by Crippen LogP contribution is 2.44. The third-order valence-corrected chi connectivity index (χ3v) is 5.31. The Morgan fingerprint density at radius 3 is 2.93 bits per heavy atom. The van der Waals surface area contributed by atoms with Crippen molar-refractivity contribution in [3.05, 3.63) is 57.5 Å². The lowest BCUT2D eigenvalue weighted by Crippen LogP contribution is -2.48. The van der Waals surface area contributed by atoms with Gasteiger partial charge < -0.3 is 4.90 Å². The number of aromatic nitrogens is 1. The summed E-state index contributed by atoms with van der Waals surface area (Å²) in [6, 6.07) is 6.20. The first-order valence-corrected chi connectivity index (χ1v) is 9.74. The van der Waals surface area contributed by atoms with Crippen molar-refractivity contribution in [1.82, 2.24) is 4.98 Å². The van der Waals surface area contributed by atoms with E-state index in [2.05, 4.69) is 48.1 Å². The number of hydrogen-bond donors (Lipinski definition) is 1. The van der Waals surface area contributed by atoms with E-state index >= 15 is 0 Å². The van der Waals surface area contributed by atoms with Gasteiger partial charge in [-0.2, -0.15) is 5.10 Å². The molecule has 3 rings (SSSR count). The van der Waals surface area contributed by atoms with Gasteiger partial charge in [-0.05, 0) is 56.4 Å². The van der Waals surface area contributed by atoms with Crippen LogP contribution < -0.4 is 10.3 Å². The SMILES string of the molecule is CCCN1c2cc(F)c(/C=N\Nc3ncccc3[N+](=O)[O-])cc2C(C)CC1(C)C. The highest BCUT2D eigenvalue weighted by Gasteiger charge is 2.36. The monoisotopic (exact) mass is 399 g/mol. The molecule has 2 heterocycles. The predicted octanol–water partition coefficient (Wildman–Crippen LogP) is 5.08. The summed E-state index contributed by atoms with van der Waals surface area (Å²) in [7, 11) is 0. The Hall–Kier alpha value is -3.03. The minimum Gasteiger partial charge on any atom is -0.366 e. The molecule has 1 aliphatic heterocycles. The number of nitro groups is 1. The topological polar surface area (TPSA) is 83.7 Å². The number of rotatable bonds is 6. The molecular weight excluding hydrogens is 373 g/mol. The molecule has 0 spiro atoms. The second kappa shape index (κ2) is 8.14. The van der Waals surface area contributed by atoms with Crippen LogP contribution in [0.5, 0.6) is 0 Å². The first-order valence-electron chi connectivity index (χ1n) is 9.74. The van der Waals surface area contributed by atoms with E-state index in [1.807, 2.05) is 6.07 Å². The van der Waals surface area contributed by atoms with E-state index in [0.29, 0.717) is 5.56 Å². The number of fused-ring (bicyclic) bond motifs is 1. The maximum atomic E-state index is 14.8. The van der Waals surface area contributed by atoms with Crippen LogP contribution in [0, 0.1) is 15.9 Å². The number of benzene rings is 1. The number of halogens is 1. The lowest BCUT2D eigenvalue weighted by molar-refractivity contribution is -0.384. The molecular formula is C21H26FN5O2. The summed E-state index contributed by atoms with van der Waals surface area (Å²) in [5.74, 6) is -0.0853. The van der Waals surface area contributed by atoms with Crippen LogP contribution in [0.4, 0.5) is 21.6 Å². The van der Waals surface area contributed by atoms with Crippen molar-refractivity contribution in [1.29, 1.82) is 0 Å². The zero-order valence-corrected chi connectivity index (χ0v) is 17.1. The fourth-order valence-electron chi connectivity index (χ4n) is 4.06. The first kappa shape index (κ1) is 20.7. The quantitative estimate of drug-likeness (QED) is 0.416. The summed E-state index contributed by atoms with van der Waals surface area (Å²) in [4.78, 5) is 16.7. The Kier molecular flexibility index (Phi) is 5.81. The molecule has 1 unspecified atom stereocenters. The highest BCUT2D eigenvalue weighted by molar-refractivity contribution is 5.83. The molecule has 1 atom stereocenters. The van der Waals surface area contributed by atoms with Crippen LogP contribution in [0.1, 0.15) is 57.6 Å². The molecule has 1 N–H and O–H groups in total. The van der Waals surface area contributed by atoms with E-state index in [1.54, 1.807) is 6.07 Å². The number of pyridine rings is 1. The van der Waals surface area contributed by atoms with Crippen molar-refractivity contribution < 1.29 is 9.31 Å². The number of hydrogen-bond acceptors (Lipinski definition) is 6. The molecule has 0 saturated heterocycles. The fraction of sp³-hybridized carbons (Fsp3) is 0.429. The largest absolute Gasteiger partial charge is 0.366 e. The molecule has 0 bridgehead atoms. The van der Waals surface area contributed by atoms with Gasteiger partial charge in [0.05, 0.1) is 11.1 Å². The van der Waals surface area contributed by atoms with Gasteiger partial charge in [-0.15, -0.1) is 0 Å². The summed E-state index contributed by atoms with van der Waals surface area (Å²) in [6.45, 7) is 9.52. The van der Waals surface area contributed by atoms with Crippen molar-refractivity contribution in [3.8, 4) is 0 Å². The Balaban J connectivity index is 1.90. The van der Waals surface area contributed by atoms with Gasteiger partial charge >= 0.3 is 5.69 Å². The molecule has 7 nitrogen and oxygen atoms in total. The second-order valence-electron chi connectivity index (χ2n) is 8.00. The predicted molar refractivity (Wildman–Crippen MR) is 113 cm³/mol. The molecule has 1 aromatic heterocycles. The minimum absolute atomic E-state index is 0.0105. The van der Waals surface area contributed by atoms with Gasteiger partial charge in [-0.25, -0.2) is 9.37 Å². The van der Waals surface area contributed by atoms with Crippen molar-refractivity contribution in [2.24, 2.45) is 5.10 Å². The number of hydrazone groups is 1. The molecule has 0 radical (unpaired) electrons. The molecule has 154 valence electrons. The molecule has 1 aromatic carbocycles. The molecule has 0 fully saturated rings. The van der Waals surface area contributed by atoms with Crippen LogP contribution in [0.3, 0.4) is 0 Å². The van der Waals surface area contributed by atoms with Gasteiger partial charge in [0.25, 0.3) is 0 Å². The lowest BCUT2D eigenvalue weighted by atomic mass is 9.79. The maximum absolute atomic E-state index is 14.8. The van der Waals surface area contributed by atoms with Crippen molar-refractivity contribution >= 4 is 23.4 Å². The Labute approximate surface area is 169 Å². The molecule has 0 saturated carbocycles. The van der Waals surface area contributed by atoms with Gasteiger partial charge in [0.1, 0.15) is 5.82 Å². The average Bonchev–Trinajstić information content (AvgIpc) is 2.66. The number of nitrogens with zero attached hydrogens (tertiary/aromatic N) is 4. The van der Waals surface area contributed by atoms with Crippen molar-refractivity contribution in [3.63, 3.8) is 0 Å². The number of nitrogens with one attached hydrogen (secondary N) is 1. The standard InChI is InChI=1S/C21H26FN5O2/c1-5-9-26-19-11-17(22)15(10-16(19)14(2)12-21(26,3)4)13-24-25-20-18(27(28)29)7-6-8-23-20/h6-8,10-11,13-14H,5,9,12H2,1-4H3,(H,23,25)/b24-13-. The Bertz CT molecular complexity index is 945. The average molecular weight is 399 g/mol. The summed E-state index contributed by atoms with van der Waals surface area (Å²) >= 11 is 0. The van der Waals surface area contributed by atoms with E-state index in [-0.39, 0.29) is 28.8 Å². The van der Waals surface area contributed by atoms with Gasteiger partial charge in [-0.3, -0.25) is 15.5 Å². The highest BCUT2D eigenvalue weighted by atomic mass is 19.1. The molecule has 0 aliphatic carbocycles. The van der Waals surface area contributed by atoms with Gasteiger partial charge in [0.15, 0.2) is 0 Å².